The van der Waals surface area contributed by atoms with Gasteiger partial charge >= 0.3 is 0 Å². The number of rotatable bonds is 6. The van der Waals surface area contributed by atoms with Crippen LogP contribution in [0.5, 0.6) is 0 Å². The normalized spacial score (nSPS) is 14.1. The summed E-state index contributed by atoms with van der Waals surface area (Å²) in [6, 6.07) is 73.5. The molecular weight excluding hydrogens is 751 g/mol. The average molecular weight is 796 g/mol. The van der Waals surface area contributed by atoms with Crippen LogP contribution in [-0.2, 0) is 10.8 Å². The zero-order chi connectivity index (χ0) is 41.7. The summed E-state index contributed by atoms with van der Waals surface area (Å²) < 4.78 is 2.18. The summed E-state index contributed by atoms with van der Waals surface area (Å²) in [5, 5.41) is 7.77. The molecule has 2 aliphatic rings. The van der Waals surface area contributed by atoms with E-state index in [2.05, 4.69) is 237 Å². The second-order valence-electron chi connectivity index (χ2n) is 18.0. The van der Waals surface area contributed by atoms with Gasteiger partial charge in [-0.1, -0.05) is 185 Å². The highest BCUT2D eigenvalue weighted by Gasteiger charge is 2.38. The van der Waals surface area contributed by atoms with Gasteiger partial charge in [-0.25, -0.2) is 4.52 Å². The van der Waals surface area contributed by atoms with Crippen LogP contribution in [0.25, 0.3) is 72.2 Å². The summed E-state index contributed by atoms with van der Waals surface area (Å²) in [7, 11) is 0. The molecule has 0 spiro atoms. The molecule has 0 N–H and O–H groups in total. The number of hydrogen-bond donors (Lipinski definition) is 0. The standard InChI is InChI=1S/C59H45N3/c1-58(2)50-26-16-14-24-46(50)48-32-29-43(36-52(48)58)61(44-30-33-49-47-25-15-17-27-51(47)59(3,4)53(49)37-44)42-28-31-45-41(34-42)35-54(38-18-8-5-9-19-38)62-57(45)55(39-20-10-6-11-21-39)56(60-62)40-22-12-7-13-23-40/h5-37H,1-4H3. The Labute approximate surface area is 363 Å². The SMILES string of the molecule is CC1(C)c2ccccc2-c2ccc(N(c3ccc4c(c3)C(C)(C)c3ccccc3-4)c3ccc4c(c3)cc(-c3ccccc3)n3nc(-c5ccccc5)c(-c5ccccc5)c43)cc21. The Bertz CT molecular complexity index is 3290. The van der Waals surface area contributed by atoms with Crippen molar-refractivity contribution in [3.8, 4) is 55.9 Å². The highest BCUT2D eigenvalue weighted by molar-refractivity contribution is 6.09. The van der Waals surface area contributed by atoms with E-state index in [1.165, 1.54) is 44.5 Å². The van der Waals surface area contributed by atoms with Gasteiger partial charge in [-0.15, -0.1) is 0 Å². The molecule has 12 rings (SSSR count). The van der Waals surface area contributed by atoms with Crippen molar-refractivity contribution in [1.82, 2.24) is 9.61 Å². The van der Waals surface area contributed by atoms with E-state index in [4.69, 9.17) is 5.10 Å². The third-order valence-corrected chi connectivity index (χ3v) is 13.8. The zero-order valence-electron chi connectivity index (χ0n) is 35.4. The predicted molar refractivity (Wildman–Crippen MR) is 259 cm³/mol. The smallest absolute Gasteiger partial charge is 0.101 e. The van der Waals surface area contributed by atoms with Gasteiger partial charge in [-0.3, -0.25) is 0 Å². The lowest BCUT2D eigenvalue weighted by atomic mass is 9.82. The Hall–Kier alpha value is -7.49. The van der Waals surface area contributed by atoms with Crippen molar-refractivity contribution in [3.63, 3.8) is 0 Å². The Morgan fingerprint density at radius 2 is 0.855 bits per heavy atom. The van der Waals surface area contributed by atoms with Crippen LogP contribution < -0.4 is 4.90 Å². The highest BCUT2D eigenvalue weighted by Crippen LogP contribution is 2.53. The number of aromatic nitrogens is 2. The summed E-state index contributed by atoms with van der Waals surface area (Å²) in [4.78, 5) is 2.48. The van der Waals surface area contributed by atoms with Gasteiger partial charge in [0.05, 0.1) is 11.2 Å². The van der Waals surface area contributed by atoms with E-state index in [0.29, 0.717) is 0 Å². The van der Waals surface area contributed by atoms with E-state index in [9.17, 15) is 0 Å². The molecule has 2 aromatic heterocycles. The minimum atomic E-state index is -0.138. The van der Waals surface area contributed by atoms with Crippen LogP contribution in [0.2, 0.25) is 0 Å². The van der Waals surface area contributed by atoms with Crippen molar-refractivity contribution in [3.05, 3.63) is 222 Å². The molecule has 0 radical (unpaired) electrons. The minimum absolute atomic E-state index is 0.138. The molecule has 0 atom stereocenters. The minimum Gasteiger partial charge on any atom is -0.310 e. The molecule has 296 valence electrons. The quantitative estimate of drug-likeness (QED) is 0.167. The summed E-state index contributed by atoms with van der Waals surface area (Å²) in [5.41, 5.74) is 21.4. The third kappa shape index (κ3) is 5.34. The molecule has 0 saturated heterocycles. The molecule has 2 aliphatic carbocycles. The summed E-state index contributed by atoms with van der Waals surface area (Å²) in [5.74, 6) is 0. The number of anilines is 3. The van der Waals surface area contributed by atoms with Crippen molar-refractivity contribution in [2.75, 3.05) is 4.90 Å². The molecule has 0 unspecified atom stereocenters. The van der Waals surface area contributed by atoms with Crippen molar-refractivity contribution < 1.29 is 0 Å². The monoisotopic (exact) mass is 795 g/mol. The molecule has 2 heterocycles. The third-order valence-electron chi connectivity index (χ3n) is 13.8. The van der Waals surface area contributed by atoms with Gasteiger partial charge in [0.2, 0.25) is 0 Å². The summed E-state index contributed by atoms with van der Waals surface area (Å²) >= 11 is 0. The maximum absolute atomic E-state index is 5.47. The van der Waals surface area contributed by atoms with Gasteiger partial charge in [-0.2, -0.15) is 5.10 Å². The van der Waals surface area contributed by atoms with Crippen LogP contribution >= 0.6 is 0 Å². The maximum Gasteiger partial charge on any atom is 0.101 e. The van der Waals surface area contributed by atoms with Gasteiger partial charge in [0.15, 0.2) is 0 Å². The lowest BCUT2D eigenvalue weighted by Crippen LogP contribution is -2.18. The van der Waals surface area contributed by atoms with Gasteiger partial charge in [0.1, 0.15) is 5.69 Å². The molecule has 8 aromatic carbocycles. The number of fused-ring (bicyclic) bond motifs is 9. The van der Waals surface area contributed by atoms with Crippen LogP contribution in [0.4, 0.5) is 17.1 Å². The molecule has 0 fully saturated rings. The molecule has 3 nitrogen and oxygen atoms in total. The predicted octanol–water partition coefficient (Wildman–Crippen LogP) is 15.6. The molecule has 0 bridgehead atoms. The van der Waals surface area contributed by atoms with Crippen LogP contribution in [0, 0.1) is 0 Å². The maximum atomic E-state index is 5.47. The lowest BCUT2D eigenvalue weighted by Gasteiger charge is -2.30. The van der Waals surface area contributed by atoms with E-state index >= 15 is 0 Å². The zero-order valence-corrected chi connectivity index (χ0v) is 35.4. The number of nitrogens with zero attached hydrogens (tertiary/aromatic N) is 3. The Balaban J connectivity index is 1.13. The molecule has 62 heavy (non-hydrogen) atoms. The first-order valence-corrected chi connectivity index (χ1v) is 21.7. The summed E-state index contributed by atoms with van der Waals surface area (Å²) in [6.07, 6.45) is 0. The van der Waals surface area contributed by atoms with E-state index in [-0.39, 0.29) is 10.8 Å². The van der Waals surface area contributed by atoms with Gasteiger partial charge in [-0.05, 0) is 97.9 Å². The Morgan fingerprint density at radius 3 is 1.42 bits per heavy atom. The second kappa shape index (κ2) is 13.5. The molecular formula is C59H45N3. The highest BCUT2D eigenvalue weighted by atomic mass is 15.2. The van der Waals surface area contributed by atoms with Gasteiger partial charge < -0.3 is 4.90 Å². The Kier molecular flexibility index (Phi) is 7.92. The fraction of sp³-hybridized carbons (Fsp3) is 0.102. The van der Waals surface area contributed by atoms with E-state index in [1.54, 1.807) is 0 Å². The molecule has 3 heteroatoms. The molecule has 10 aromatic rings. The number of benzene rings is 8. The van der Waals surface area contributed by atoms with Crippen molar-refractivity contribution in [1.29, 1.82) is 0 Å². The van der Waals surface area contributed by atoms with Crippen LogP contribution in [0.1, 0.15) is 49.9 Å². The van der Waals surface area contributed by atoms with Crippen molar-refractivity contribution in [2.24, 2.45) is 0 Å². The lowest BCUT2D eigenvalue weighted by molar-refractivity contribution is 0.660. The molecule has 0 saturated carbocycles. The van der Waals surface area contributed by atoms with Crippen LogP contribution in [0.15, 0.2) is 200 Å². The molecule has 0 aliphatic heterocycles. The van der Waals surface area contributed by atoms with Crippen LogP contribution in [0.3, 0.4) is 0 Å². The van der Waals surface area contributed by atoms with Gasteiger partial charge in [0, 0.05) is 50.0 Å². The number of hydrogen-bond acceptors (Lipinski definition) is 2. The fourth-order valence-electron chi connectivity index (χ4n) is 10.7. The van der Waals surface area contributed by atoms with E-state index in [1.807, 2.05) is 0 Å². The largest absolute Gasteiger partial charge is 0.310 e. The van der Waals surface area contributed by atoms with Gasteiger partial charge in [0.25, 0.3) is 0 Å². The fourth-order valence-corrected chi connectivity index (χ4v) is 10.7. The first-order valence-electron chi connectivity index (χ1n) is 21.7. The first kappa shape index (κ1) is 36.4. The topological polar surface area (TPSA) is 20.5 Å². The van der Waals surface area contributed by atoms with E-state index in [0.717, 1.165) is 67.0 Å². The summed E-state index contributed by atoms with van der Waals surface area (Å²) in [6.45, 7) is 9.47. The first-order chi connectivity index (χ1) is 30.3. The Morgan fingerprint density at radius 1 is 0.403 bits per heavy atom. The van der Waals surface area contributed by atoms with E-state index < -0.39 is 0 Å². The van der Waals surface area contributed by atoms with Crippen LogP contribution in [-0.4, -0.2) is 9.61 Å². The molecule has 0 amide bonds. The van der Waals surface area contributed by atoms with Crippen molar-refractivity contribution >= 4 is 33.4 Å². The second-order valence-corrected chi connectivity index (χ2v) is 18.0. The average Bonchev–Trinajstić information content (AvgIpc) is 3.90. The van der Waals surface area contributed by atoms with Crippen molar-refractivity contribution in [2.45, 2.75) is 38.5 Å². The number of pyridine rings is 1.